The van der Waals surface area contributed by atoms with Crippen molar-refractivity contribution >= 4 is 11.9 Å². The molecular weight excluding hydrogens is 310 g/mol. The molecule has 1 aromatic carbocycles. The van der Waals surface area contributed by atoms with E-state index in [1.165, 1.54) is 12.1 Å². The Labute approximate surface area is 139 Å². The van der Waals surface area contributed by atoms with Crippen molar-refractivity contribution in [1.82, 2.24) is 4.98 Å². The number of carbonyl (C=O) groups excluding carboxylic acids is 1. The molecule has 2 aromatic rings. The zero-order chi connectivity index (χ0) is 17.4. The van der Waals surface area contributed by atoms with Gasteiger partial charge in [-0.15, -0.1) is 0 Å². The molecule has 0 unspecified atom stereocenters. The molecule has 0 spiro atoms. The number of ether oxygens (including phenoxy) is 2. The number of hydrogen-bond donors (Lipinski definition) is 1. The minimum absolute atomic E-state index is 0.232. The number of hydrogen-bond acceptors (Lipinski definition) is 5. The van der Waals surface area contributed by atoms with E-state index in [1.54, 1.807) is 30.5 Å². The average Bonchev–Trinajstić information content (AvgIpc) is 2.62. The van der Waals surface area contributed by atoms with Gasteiger partial charge in [0.1, 0.15) is 5.75 Å². The molecule has 0 amide bonds. The Morgan fingerprint density at radius 2 is 1.88 bits per heavy atom. The molecule has 1 aromatic heterocycles. The lowest BCUT2D eigenvalue weighted by Crippen LogP contribution is -2.06. The molecule has 0 aliphatic carbocycles. The smallest absolute Gasteiger partial charge is 0.335 e. The van der Waals surface area contributed by atoms with Crippen molar-refractivity contribution < 1.29 is 24.2 Å². The molecule has 0 aliphatic rings. The Hall–Kier alpha value is -3.15. The van der Waals surface area contributed by atoms with E-state index in [4.69, 9.17) is 14.6 Å². The lowest BCUT2D eigenvalue weighted by atomic mass is 10.1. The predicted molar refractivity (Wildman–Crippen MR) is 87.9 cm³/mol. The van der Waals surface area contributed by atoms with E-state index in [1.807, 2.05) is 0 Å². The molecule has 0 bridgehead atoms. The summed E-state index contributed by atoms with van der Waals surface area (Å²) in [6.45, 7) is 3.98. The molecule has 124 valence electrons. The van der Waals surface area contributed by atoms with Crippen molar-refractivity contribution in [3.05, 3.63) is 60.8 Å². The number of aromatic carboxylic acids is 1. The zero-order valence-electron chi connectivity index (χ0n) is 13.0. The summed E-state index contributed by atoms with van der Waals surface area (Å²) in [5.74, 6) is -0.803. The number of pyridine rings is 1. The third-order valence-electron chi connectivity index (χ3n) is 3.13. The van der Waals surface area contributed by atoms with Gasteiger partial charge in [-0.3, -0.25) is 4.98 Å². The summed E-state index contributed by atoms with van der Waals surface area (Å²) in [5.41, 5.74) is 1.78. The largest absolute Gasteiger partial charge is 0.492 e. The molecule has 0 aliphatic heterocycles. The van der Waals surface area contributed by atoms with Gasteiger partial charge in [-0.25, -0.2) is 9.59 Å². The van der Waals surface area contributed by atoms with Gasteiger partial charge in [-0.2, -0.15) is 0 Å². The van der Waals surface area contributed by atoms with E-state index in [-0.39, 0.29) is 12.2 Å². The molecule has 1 heterocycles. The Kier molecular flexibility index (Phi) is 6.08. The van der Waals surface area contributed by atoms with Crippen LogP contribution in [0.2, 0.25) is 0 Å². The van der Waals surface area contributed by atoms with E-state index in [2.05, 4.69) is 11.6 Å². The molecule has 0 radical (unpaired) electrons. The maximum Gasteiger partial charge on any atom is 0.335 e. The fraction of sp³-hybridized carbons (Fsp3) is 0.167. The van der Waals surface area contributed by atoms with E-state index < -0.39 is 11.9 Å². The first-order valence-electron chi connectivity index (χ1n) is 7.32. The Morgan fingerprint density at radius 3 is 2.46 bits per heavy atom. The second-order valence-corrected chi connectivity index (χ2v) is 4.84. The normalized spacial score (nSPS) is 10.0. The summed E-state index contributed by atoms with van der Waals surface area (Å²) in [5, 5.41) is 8.88. The van der Waals surface area contributed by atoms with Crippen molar-refractivity contribution in [3.8, 4) is 17.0 Å². The summed E-state index contributed by atoms with van der Waals surface area (Å²) in [6, 6.07) is 10.1. The van der Waals surface area contributed by atoms with E-state index in [9.17, 15) is 9.59 Å². The highest BCUT2D eigenvalue weighted by atomic mass is 16.5. The molecular formula is C18H17NO5. The first-order chi connectivity index (χ1) is 11.6. The van der Waals surface area contributed by atoms with Crippen LogP contribution in [0, 0.1) is 0 Å². The molecule has 6 nitrogen and oxygen atoms in total. The Balaban J connectivity index is 1.85. The van der Waals surface area contributed by atoms with Crippen molar-refractivity contribution in [1.29, 1.82) is 0 Å². The second-order valence-electron chi connectivity index (χ2n) is 4.84. The molecule has 6 heteroatoms. The molecule has 0 fully saturated rings. The fourth-order valence-corrected chi connectivity index (χ4v) is 1.90. The minimum atomic E-state index is -0.961. The number of esters is 1. The zero-order valence-corrected chi connectivity index (χ0v) is 13.0. The van der Waals surface area contributed by atoms with Crippen LogP contribution >= 0.6 is 0 Å². The maximum absolute atomic E-state index is 10.9. The number of benzene rings is 1. The highest BCUT2D eigenvalue weighted by molar-refractivity contribution is 5.88. The molecule has 24 heavy (non-hydrogen) atoms. The highest BCUT2D eigenvalue weighted by Gasteiger charge is 2.04. The van der Waals surface area contributed by atoms with Gasteiger partial charge in [0.25, 0.3) is 0 Å². The van der Waals surface area contributed by atoms with Gasteiger partial charge in [0.15, 0.2) is 0 Å². The summed E-state index contributed by atoms with van der Waals surface area (Å²) >= 11 is 0. The molecule has 1 N–H and O–H groups in total. The van der Waals surface area contributed by atoms with E-state index in [0.717, 1.165) is 17.3 Å². The molecule has 2 rings (SSSR count). The van der Waals surface area contributed by atoms with Gasteiger partial charge >= 0.3 is 11.9 Å². The van der Waals surface area contributed by atoms with Gasteiger partial charge in [-0.1, -0.05) is 18.7 Å². The maximum atomic E-state index is 10.9. The fourth-order valence-electron chi connectivity index (χ4n) is 1.90. The second kappa shape index (κ2) is 8.47. The summed E-state index contributed by atoms with van der Waals surface area (Å²) in [6.07, 6.45) is 3.28. The van der Waals surface area contributed by atoms with Crippen molar-refractivity contribution in [2.45, 2.75) is 6.42 Å². The van der Waals surface area contributed by atoms with E-state index >= 15 is 0 Å². The van der Waals surface area contributed by atoms with Gasteiger partial charge in [0, 0.05) is 18.1 Å². The quantitative estimate of drug-likeness (QED) is 0.456. The first kappa shape index (κ1) is 17.2. The van der Waals surface area contributed by atoms with Crippen LogP contribution in [0.1, 0.15) is 16.8 Å². The summed E-state index contributed by atoms with van der Waals surface area (Å²) in [4.78, 5) is 26.0. The Bertz CT molecular complexity index is 707. The van der Waals surface area contributed by atoms with Crippen LogP contribution in [-0.2, 0) is 9.53 Å². The number of rotatable bonds is 8. The predicted octanol–water partition coefficient (Wildman–Crippen LogP) is 2.94. The summed E-state index contributed by atoms with van der Waals surface area (Å²) in [7, 11) is 0. The monoisotopic (exact) mass is 327 g/mol. The van der Waals surface area contributed by atoms with Crippen molar-refractivity contribution in [2.75, 3.05) is 13.2 Å². The number of carbonyl (C=O) groups is 2. The lowest BCUT2D eigenvalue weighted by molar-refractivity contribution is -0.137. The first-order valence-corrected chi connectivity index (χ1v) is 7.32. The van der Waals surface area contributed by atoms with Gasteiger partial charge in [0.2, 0.25) is 0 Å². The van der Waals surface area contributed by atoms with Crippen molar-refractivity contribution in [2.24, 2.45) is 0 Å². The standard InChI is InChI=1S/C18H17NO5/c1-2-17(20)24-11-3-10-23-15-8-9-16(19-12-15)13-4-6-14(7-5-13)18(21)22/h2,4-9,12H,1,3,10-11H2,(H,21,22). The number of carboxylic acid groups (broad SMARTS) is 1. The third kappa shape index (κ3) is 4.95. The number of carboxylic acids is 1. The van der Waals surface area contributed by atoms with Gasteiger partial charge in [0.05, 0.1) is 30.7 Å². The van der Waals surface area contributed by atoms with Crippen LogP contribution in [0.25, 0.3) is 11.3 Å². The lowest BCUT2D eigenvalue weighted by Gasteiger charge is -2.07. The topological polar surface area (TPSA) is 85.7 Å². The number of nitrogens with zero attached hydrogens (tertiary/aromatic N) is 1. The molecule has 0 atom stereocenters. The molecule has 0 saturated heterocycles. The van der Waals surface area contributed by atoms with Crippen LogP contribution in [0.15, 0.2) is 55.3 Å². The van der Waals surface area contributed by atoms with Crippen molar-refractivity contribution in [3.63, 3.8) is 0 Å². The SMILES string of the molecule is C=CC(=O)OCCCOc1ccc(-c2ccc(C(=O)O)cc2)nc1. The van der Waals surface area contributed by atoms with E-state index in [0.29, 0.717) is 18.8 Å². The third-order valence-corrected chi connectivity index (χ3v) is 3.13. The average molecular weight is 327 g/mol. The number of aromatic nitrogens is 1. The Morgan fingerprint density at radius 1 is 1.12 bits per heavy atom. The van der Waals surface area contributed by atoms with Crippen LogP contribution in [0.3, 0.4) is 0 Å². The highest BCUT2D eigenvalue weighted by Crippen LogP contribution is 2.20. The van der Waals surface area contributed by atoms with Crippen LogP contribution in [0.5, 0.6) is 5.75 Å². The van der Waals surface area contributed by atoms with Crippen LogP contribution < -0.4 is 4.74 Å². The van der Waals surface area contributed by atoms with Gasteiger partial charge < -0.3 is 14.6 Å². The molecule has 0 saturated carbocycles. The summed E-state index contributed by atoms with van der Waals surface area (Å²) < 4.78 is 10.3. The minimum Gasteiger partial charge on any atom is -0.492 e. The van der Waals surface area contributed by atoms with Crippen LogP contribution in [0.4, 0.5) is 0 Å². The van der Waals surface area contributed by atoms with Gasteiger partial charge in [-0.05, 0) is 24.3 Å². The van der Waals surface area contributed by atoms with Crippen LogP contribution in [-0.4, -0.2) is 35.2 Å².